The Labute approximate surface area is 189 Å². The number of unbranched alkanes of at least 4 members (excludes halogenated alkanes) is 4. The molecular weight excluding hydrogens is 384 g/mol. The van der Waals surface area contributed by atoms with E-state index in [1.165, 1.54) is 69.0 Å². The third-order valence-electron chi connectivity index (χ3n) is 7.15. The fourth-order valence-corrected chi connectivity index (χ4v) is 5.23. The van der Waals surface area contributed by atoms with Crippen molar-refractivity contribution < 1.29 is 9.84 Å². The molecule has 0 spiro atoms. The summed E-state index contributed by atoms with van der Waals surface area (Å²) in [5.74, 6) is 1.91. The molecule has 1 aliphatic rings. The highest BCUT2D eigenvalue weighted by molar-refractivity contribution is 5.83. The highest BCUT2D eigenvalue weighted by atomic mass is 16.5. The molecule has 2 heterocycles. The zero-order valence-electron chi connectivity index (χ0n) is 19.9. The number of likely N-dealkylation sites (tertiary alicyclic amines) is 1. The average molecular weight is 427 g/mol. The second-order valence-corrected chi connectivity index (χ2v) is 9.41. The Morgan fingerprint density at radius 3 is 2.77 bits per heavy atom. The largest absolute Gasteiger partial charge is 0.497 e. The van der Waals surface area contributed by atoms with Gasteiger partial charge in [0.05, 0.1) is 18.7 Å². The molecular formula is C27H42N2O2. The summed E-state index contributed by atoms with van der Waals surface area (Å²) >= 11 is 0. The topological polar surface area (TPSA) is 45.6 Å². The van der Waals surface area contributed by atoms with Crippen LogP contribution >= 0.6 is 0 Å². The monoisotopic (exact) mass is 426 g/mol. The Kier molecular flexibility index (Phi) is 9.60. The van der Waals surface area contributed by atoms with Gasteiger partial charge in [-0.05, 0) is 87.9 Å². The quantitative estimate of drug-likeness (QED) is 0.432. The van der Waals surface area contributed by atoms with Crippen LogP contribution in [-0.4, -0.2) is 47.8 Å². The van der Waals surface area contributed by atoms with Gasteiger partial charge in [0.25, 0.3) is 0 Å². The minimum atomic E-state index is -0.223. The van der Waals surface area contributed by atoms with E-state index in [4.69, 9.17) is 4.74 Å². The van der Waals surface area contributed by atoms with Gasteiger partial charge in [-0.25, -0.2) is 0 Å². The SMILES string of the molecule is CCCCCCCN1CC[C@@H](CCCc2ccnc3ccc(OC)cc23)[C@@H](C(C)O)C1. The highest BCUT2D eigenvalue weighted by Crippen LogP contribution is 2.32. The Morgan fingerprint density at radius 1 is 1.16 bits per heavy atom. The summed E-state index contributed by atoms with van der Waals surface area (Å²) in [6.45, 7) is 7.71. The lowest BCUT2D eigenvalue weighted by Crippen LogP contribution is -2.45. The fourth-order valence-electron chi connectivity index (χ4n) is 5.23. The third kappa shape index (κ3) is 6.92. The zero-order valence-corrected chi connectivity index (χ0v) is 19.9. The van der Waals surface area contributed by atoms with Gasteiger partial charge in [-0.3, -0.25) is 4.98 Å². The van der Waals surface area contributed by atoms with Crippen molar-refractivity contribution in [1.82, 2.24) is 9.88 Å². The summed E-state index contributed by atoms with van der Waals surface area (Å²) < 4.78 is 5.41. The summed E-state index contributed by atoms with van der Waals surface area (Å²) in [7, 11) is 1.71. The molecule has 1 unspecified atom stereocenters. The van der Waals surface area contributed by atoms with E-state index in [1.54, 1.807) is 7.11 Å². The summed E-state index contributed by atoms with van der Waals surface area (Å²) in [4.78, 5) is 7.11. The van der Waals surface area contributed by atoms with E-state index in [0.29, 0.717) is 11.8 Å². The summed E-state index contributed by atoms with van der Waals surface area (Å²) in [6.07, 6.45) is 13.0. The lowest BCUT2D eigenvalue weighted by Gasteiger charge is -2.40. The van der Waals surface area contributed by atoms with Gasteiger partial charge in [-0.1, -0.05) is 32.6 Å². The van der Waals surface area contributed by atoms with Crippen molar-refractivity contribution in [3.8, 4) is 5.75 Å². The number of rotatable bonds is 12. The van der Waals surface area contributed by atoms with Crippen molar-refractivity contribution in [3.05, 3.63) is 36.0 Å². The maximum Gasteiger partial charge on any atom is 0.119 e. The minimum absolute atomic E-state index is 0.223. The van der Waals surface area contributed by atoms with E-state index in [2.05, 4.69) is 28.9 Å². The maximum atomic E-state index is 10.5. The number of ether oxygens (including phenoxy) is 1. The van der Waals surface area contributed by atoms with Crippen molar-refractivity contribution in [2.24, 2.45) is 11.8 Å². The van der Waals surface area contributed by atoms with Crippen LogP contribution in [0.15, 0.2) is 30.5 Å². The van der Waals surface area contributed by atoms with Crippen molar-refractivity contribution >= 4 is 10.9 Å². The van der Waals surface area contributed by atoms with Crippen LogP contribution in [-0.2, 0) is 6.42 Å². The van der Waals surface area contributed by atoms with Crippen LogP contribution in [0.25, 0.3) is 10.9 Å². The second kappa shape index (κ2) is 12.4. The minimum Gasteiger partial charge on any atom is -0.497 e. The second-order valence-electron chi connectivity index (χ2n) is 9.41. The lowest BCUT2D eigenvalue weighted by molar-refractivity contribution is 0.0189. The molecule has 1 saturated heterocycles. The first-order chi connectivity index (χ1) is 15.1. The molecule has 0 aliphatic carbocycles. The van der Waals surface area contributed by atoms with Crippen LogP contribution in [0.5, 0.6) is 5.75 Å². The Morgan fingerprint density at radius 2 is 2.00 bits per heavy atom. The van der Waals surface area contributed by atoms with E-state index >= 15 is 0 Å². The molecule has 1 N–H and O–H groups in total. The van der Waals surface area contributed by atoms with E-state index in [9.17, 15) is 5.11 Å². The molecule has 4 nitrogen and oxygen atoms in total. The van der Waals surface area contributed by atoms with E-state index in [1.807, 2.05) is 25.3 Å². The van der Waals surface area contributed by atoms with Crippen molar-refractivity contribution in [3.63, 3.8) is 0 Å². The number of aromatic nitrogens is 1. The first kappa shape index (κ1) is 24.0. The van der Waals surface area contributed by atoms with E-state index in [-0.39, 0.29) is 6.10 Å². The number of piperidine rings is 1. The van der Waals surface area contributed by atoms with Gasteiger partial charge in [0.1, 0.15) is 5.75 Å². The van der Waals surface area contributed by atoms with Crippen LogP contribution in [0.3, 0.4) is 0 Å². The summed E-state index contributed by atoms with van der Waals surface area (Å²) in [5, 5.41) is 11.7. The predicted molar refractivity (Wildman–Crippen MR) is 130 cm³/mol. The number of aryl methyl sites for hydroxylation is 1. The molecule has 0 bridgehead atoms. The van der Waals surface area contributed by atoms with Gasteiger partial charge in [0.15, 0.2) is 0 Å². The lowest BCUT2D eigenvalue weighted by atomic mass is 9.79. The Balaban J connectivity index is 1.51. The first-order valence-corrected chi connectivity index (χ1v) is 12.4. The van der Waals surface area contributed by atoms with Gasteiger partial charge in [-0.15, -0.1) is 0 Å². The number of methoxy groups -OCH3 is 1. The molecule has 1 aromatic carbocycles. The molecule has 0 amide bonds. The highest BCUT2D eigenvalue weighted by Gasteiger charge is 2.31. The number of nitrogens with zero attached hydrogens (tertiary/aromatic N) is 2. The number of aliphatic hydroxyl groups excluding tert-OH is 1. The summed E-state index contributed by atoms with van der Waals surface area (Å²) in [5.41, 5.74) is 2.38. The molecule has 0 radical (unpaired) electrons. The normalized spacial score (nSPS) is 20.8. The number of hydrogen-bond acceptors (Lipinski definition) is 4. The molecule has 31 heavy (non-hydrogen) atoms. The van der Waals surface area contributed by atoms with Gasteiger partial charge in [-0.2, -0.15) is 0 Å². The number of fused-ring (bicyclic) bond motifs is 1. The third-order valence-corrected chi connectivity index (χ3v) is 7.15. The predicted octanol–water partition coefficient (Wildman–Crippen LogP) is 5.86. The molecule has 1 aliphatic heterocycles. The molecule has 2 aromatic rings. The molecule has 3 rings (SSSR count). The van der Waals surface area contributed by atoms with Crippen LogP contribution in [0.2, 0.25) is 0 Å². The zero-order chi connectivity index (χ0) is 22.1. The standard InChI is InChI=1S/C27H42N2O2/c1-4-5-6-7-8-17-29-18-15-23(26(20-29)21(2)30)11-9-10-22-14-16-28-27-13-12-24(31-3)19-25(22)27/h12-14,16,19,21,23,26,30H,4-11,15,17-18,20H2,1-3H3/t21?,23-,26-/m1/s1. The first-order valence-electron chi connectivity index (χ1n) is 12.4. The molecule has 0 saturated carbocycles. The van der Waals surface area contributed by atoms with E-state index < -0.39 is 0 Å². The van der Waals surface area contributed by atoms with Crippen molar-refractivity contribution in [2.75, 3.05) is 26.7 Å². The number of benzene rings is 1. The van der Waals surface area contributed by atoms with E-state index in [0.717, 1.165) is 30.7 Å². The smallest absolute Gasteiger partial charge is 0.119 e. The van der Waals surface area contributed by atoms with Crippen LogP contribution < -0.4 is 4.74 Å². The molecule has 172 valence electrons. The molecule has 4 heteroatoms. The molecule has 1 fully saturated rings. The van der Waals surface area contributed by atoms with Crippen LogP contribution in [0, 0.1) is 11.8 Å². The summed E-state index contributed by atoms with van der Waals surface area (Å²) in [6, 6.07) is 8.27. The average Bonchev–Trinajstić information content (AvgIpc) is 2.79. The molecule has 1 aromatic heterocycles. The maximum absolute atomic E-state index is 10.5. The van der Waals surface area contributed by atoms with Gasteiger partial charge in [0.2, 0.25) is 0 Å². The van der Waals surface area contributed by atoms with Crippen LogP contribution in [0.4, 0.5) is 0 Å². The van der Waals surface area contributed by atoms with Gasteiger partial charge < -0.3 is 14.7 Å². The number of hydrogen-bond donors (Lipinski definition) is 1. The number of pyridine rings is 1. The van der Waals surface area contributed by atoms with Crippen molar-refractivity contribution in [2.45, 2.75) is 77.7 Å². The van der Waals surface area contributed by atoms with Crippen LogP contribution in [0.1, 0.15) is 70.8 Å². The number of aliphatic hydroxyl groups is 1. The van der Waals surface area contributed by atoms with Gasteiger partial charge in [0, 0.05) is 24.0 Å². The fraction of sp³-hybridized carbons (Fsp3) is 0.667. The molecule has 3 atom stereocenters. The van der Waals surface area contributed by atoms with Crippen molar-refractivity contribution in [1.29, 1.82) is 0 Å². The Bertz CT molecular complexity index is 792. The van der Waals surface area contributed by atoms with Gasteiger partial charge >= 0.3 is 0 Å². The Hall–Kier alpha value is -1.65.